The van der Waals surface area contributed by atoms with Crippen LogP contribution in [0.15, 0.2) is 0 Å². The van der Waals surface area contributed by atoms with Crippen molar-refractivity contribution >= 4 is 23.9 Å². The number of nitrogens with one attached hydrogen (secondary N) is 1. The molecule has 0 saturated carbocycles. The van der Waals surface area contributed by atoms with E-state index >= 15 is 0 Å². The molecule has 0 saturated heterocycles. The zero-order valence-electron chi connectivity index (χ0n) is 11.3. The molecule has 120 valence electrons. The summed E-state index contributed by atoms with van der Waals surface area (Å²) in [6.07, 6.45) is -0.0188. The van der Waals surface area contributed by atoms with Gasteiger partial charge < -0.3 is 25.7 Å². The Hall–Kier alpha value is -2.16. The van der Waals surface area contributed by atoms with Crippen LogP contribution >= 0.6 is 0 Å². The summed E-state index contributed by atoms with van der Waals surface area (Å²) in [6.45, 7) is 0.212. The molecule has 0 aliphatic carbocycles. The Morgan fingerprint density at radius 3 is 1.81 bits per heavy atom. The maximum Gasteiger partial charge on any atom is 0.321 e. The van der Waals surface area contributed by atoms with Gasteiger partial charge in [-0.1, -0.05) is 6.42 Å². The quantitative estimate of drug-likeness (QED) is 0.309. The van der Waals surface area contributed by atoms with Crippen molar-refractivity contribution < 1.29 is 39.6 Å². The molecule has 2 unspecified atom stereocenters. The van der Waals surface area contributed by atoms with E-state index < -0.39 is 48.7 Å². The predicted octanol–water partition coefficient (Wildman–Crippen LogP) is -0.150. The van der Waals surface area contributed by atoms with Crippen LogP contribution in [-0.2, 0) is 19.2 Å². The summed E-state index contributed by atoms with van der Waals surface area (Å²) in [5.74, 6) is -5.85. The molecule has 9 heteroatoms. The lowest BCUT2D eigenvalue weighted by atomic mass is 9.98. The first-order valence-corrected chi connectivity index (χ1v) is 6.36. The number of hydrogen-bond acceptors (Lipinski definition) is 5. The first kappa shape index (κ1) is 18.8. The molecule has 0 rings (SSSR count). The highest BCUT2D eigenvalue weighted by molar-refractivity contribution is 5.80. The van der Waals surface area contributed by atoms with E-state index in [0.717, 1.165) is 0 Å². The van der Waals surface area contributed by atoms with Crippen molar-refractivity contribution in [2.45, 2.75) is 38.1 Å². The Morgan fingerprint density at radius 2 is 1.38 bits per heavy atom. The molecule has 0 amide bonds. The molecule has 0 aliphatic heterocycles. The number of hydrogen-bond donors (Lipinski definition) is 5. The minimum atomic E-state index is -1.27. The molecule has 0 spiro atoms. The molecular formula is C12H19NO8. The van der Waals surface area contributed by atoms with Crippen LogP contribution < -0.4 is 5.32 Å². The van der Waals surface area contributed by atoms with Gasteiger partial charge in [-0.25, -0.2) is 0 Å². The molecule has 0 aromatic carbocycles. The summed E-state index contributed by atoms with van der Waals surface area (Å²) in [7, 11) is 0. The third kappa shape index (κ3) is 9.38. The lowest BCUT2D eigenvalue weighted by molar-refractivity contribution is -0.148. The normalized spacial score (nSPS) is 13.3. The summed E-state index contributed by atoms with van der Waals surface area (Å²) < 4.78 is 0. The van der Waals surface area contributed by atoms with Crippen LogP contribution in [0, 0.1) is 5.92 Å². The summed E-state index contributed by atoms with van der Waals surface area (Å²) in [5.41, 5.74) is 0. The van der Waals surface area contributed by atoms with E-state index in [2.05, 4.69) is 5.32 Å². The van der Waals surface area contributed by atoms with Gasteiger partial charge in [-0.05, 0) is 19.4 Å². The summed E-state index contributed by atoms with van der Waals surface area (Å²) in [6, 6.07) is -1.20. The number of unbranched alkanes of at least 4 members (excludes halogenated alkanes) is 1. The van der Waals surface area contributed by atoms with E-state index in [9.17, 15) is 19.2 Å². The van der Waals surface area contributed by atoms with Crippen molar-refractivity contribution in [1.29, 1.82) is 0 Å². The first-order valence-electron chi connectivity index (χ1n) is 6.36. The standard InChI is InChI=1S/C12H19NO8/c14-9(15)5-7(11(18)19)3-1-2-4-13-8(12(20)21)6-10(16)17/h7-8,13H,1-6H2,(H,14,15)(H,16,17)(H,18,19)(H,20,21). The van der Waals surface area contributed by atoms with Crippen LogP contribution in [0.3, 0.4) is 0 Å². The second kappa shape index (κ2) is 9.70. The average molecular weight is 305 g/mol. The third-order valence-electron chi connectivity index (χ3n) is 2.82. The van der Waals surface area contributed by atoms with Crippen LogP contribution in [0.4, 0.5) is 0 Å². The molecule has 21 heavy (non-hydrogen) atoms. The smallest absolute Gasteiger partial charge is 0.321 e. The maximum atomic E-state index is 10.8. The molecule has 0 fully saturated rings. The number of carboxylic acid groups (broad SMARTS) is 4. The van der Waals surface area contributed by atoms with Gasteiger partial charge in [-0.3, -0.25) is 19.2 Å². The SMILES string of the molecule is O=C(O)CC(CCCCNC(CC(=O)O)C(=O)O)C(=O)O. The molecule has 0 heterocycles. The highest BCUT2D eigenvalue weighted by atomic mass is 16.4. The Morgan fingerprint density at radius 1 is 0.810 bits per heavy atom. The van der Waals surface area contributed by atoms with Crippen molar-refractivity contribution in [1.82, 2.24) is 5.32 Å². The Labute approximate surface area is 120 Å². The van der Waals surface area contributed by atoms with Crippen molar-refractivity contribution in [3.05, 3.63) is 0 Å². The number of aliphatic carboxylic acids is 4. The molecule has 0 aromatic rings. The van der Waals surface area contributed by atoms with Gasteiger partial charge in [0.25, 0.3) is 0 Å². The zero-order chi connectivity index (χ0) is 16.4. The van der Waals surface area contributed by atoms with Gasteiger partial charge >= 0.3 is 23.9 Å². The minimum Gasteiger partial charge on any atom is -0.481 e. The topological polar surface area (TPSA) is 161 Å². The predicted molar refractivity (Wildman–Crippen MR) is 68.9 cm³/mol. The average Bonchev–Trinajstić information content (AvgIpc) is 2.34. The molecule has 0 radical (unpaired) electrons. The van der Waals surface area contributed by atoms with Gasteiger partial charge in [0.1, 0.15) is 6.04 Å². The fraction of sp³-hybridized carbons (Fsp3) is 0.667. The van der Waals surface area contributed by atoms with Crippen LogP contribution in [0.5, 0.6) is 0 Å². The largest absolute Gasteiger partial charge is 0.481 e. The summed E-state index contributed by atoms with van der Waals surface area (Å²) in [5, 5.41) is 37.2. The molecular weight excluding hydrogens is 286 g/mol. The van der Waals surface area contributed by atoms with E-state index in [0.29, 0.717) is 12.8 Å². The maximum absolute atomic E-state index is 10.8. The Kier molecular flexibility index (Phi) is 8.70. The lowest BCUT2D eigenvalue weighted by Gasteiger charge is -2.13. The lowest BCUT2D eigenvalue weighted by Crippen LogP contribution is -2.39. The van der Waals surface area contributed by atoms with Crippen molar-refractivity contribution in [2.75, 3.05) is 6.54 Å². The summed E-state index contributed by atoms with van der Waals surface area (Å²) in [4.78, 5) is 42.5. The fourth-order valence-electron chi connectivity index (χ4n) is 1.74. The number of rotatable bonds is 12. The summed E-state index contributed by atoms with van der Waals surface area (Å²) >= 11 is 0. The van der Waals surface area contributed by atoms with Crippen molar-refractivity contribution in [2.24, 2.45) is 5.92 Å². The van der Waals surface area contributed by atoms with Crippen LogP contribution in [0.2, 0.25) is 0 Å². The van der Waals surface area contributed by atoms with Gasteiger partial charge in [-0.2, -0.15) is 0 Å². The Balaban J connectivity index is 4.01. The van der Waals surface area contributed by atoms with Gasteiger partial charge in [-0.15, -0.1) is 0 Å². The number of carboxylic acids is 4. The second-order valence-corrected chi connectivity index (χ2v) is 4.57. The van der Waals surface area contributed by atoms with Crippen molar-refractivity contribution in [3.8, 4) is 0 Å². The monoisotopic (exact) mass is 305 g/mol. The molecule has 2 atom stereocenters. The van der Waals surface area contributed by atoms with Crippen LogP contribution in [0.1, 0.15) is 32.1 Å². The van der Waals surface area contributed by atoms with Gasteiger partial charge in [0.2, 0.25) is 0 Å². The molecule has 0 aromatic heterocycles. The van der Waals surface area contributed by atoms with E-state index in [4.69, 9.17) is 20.4 Å². The first-order chi connectivity index (χ1) is 9.73. The molecule has 5 N–H and O–H groups in total. The molecule has 0 aliphatic rings. The minimum absolute atomic E-state index is 0.167. The second-order valence-electron chi connectivity index (χ2n) is 4.57. The van der Waals surface area contributed by atoms with E-state index in [1.807, 2.05) is 0 Å². The van der Waals surface area contributed by atoms with E-state index in [1.165, 1.54) is 0 Å². The van der Waals surface area contributed by atoms with Gasteiger partial charge in [0.05, 0.1) is 18.8 Å². The molecule has 0 bridgehead atoms. The fourth-order valence-corrected chi connectivity index (χ4v) is 1.74. The number of carbonyl (C=O) groups is 4. The van der Waals surface area contributed by atoms with E-state index in [1.54, 1.807) is 0 Å². The van der Waals surface area contributed by atoms with Crippen LogP contribution in [-0.4, -0.2) is 56.9 Å². The van der Waals surface area contributed by atoms with Gasteiger partial charge in [0, 0.05) is 0 Å². The Bertz CT molecular complexity index is 359. The van der Waals surface area contributed by atoms with Gasteiger partial charge in [0.15, 0.2) is 0 Å². The highest BCUT2D eigenvalue weighted by Crippen LogP contribution is 2.13. The van der Waals surface area contributed by atoms with Crippen LogP contribution in [0.25, 0.3) is 0 Å². The zero-order valence-corrected chi connectivity index (χ0v) is 11.3. The van der Waals surface area contributed by atoms with Crippen molar-refractivity contribution in [3.63, 3.8) is 0 Å². The molecule has 9 nitrogen and oxygen atoms in total. The third-order valence-corrected chi connectivity index (χ3v) is 2.82. The van der Waals surface area contributed by atoms with E-state index in [-0.39, 0.29) is 13.0 Å². The highest BCUT2D eigenvalue weighted by Gasteiger charge is 2.21.